The molecule has 29 heavy (non-hydrogen) atoms. The van der Waals surface area contributed by atoms with Crippen molar-refractivity contribution in [1.82, 2.24) is 4.57 Å². The van der Waals surface area contributed by atoms with Crippen LogP contribution in [0.1, 0.15) is 40.6 Å². The summed E-state index contributed by atoms with van der Waals surface area (Å²) in [6.07, 6.45) is -1.77. The second-order valence-electron chi connectivity index (χ2n) is 6.89. The summed E-state index contributed by atoms with van der Waals surface area (Å²) < 4.78 is 40.5. The van der Waals surface area contributed by atoms with Gasteiger partial charge in [-0.2, -0.15) is 18.4 Å². The maximum absolute atomic E-state index is 12.8. The van der Waals surface area contributed by atoms with Crippen LogP contribution in [0.5, 0.6) is 0 Å². The van der Waals surface area contributed by atoms with Crippen LogP contribution in [0, 0.1) is 25.2 Å². The molecule has 2 aromatic carbocycles. The van der Waals surface area contributed by atoms with Gasteiger partial charge in [0.2, 0.25) is 0 Å². The molecule has 3 rings (SSSR count). The largest absolute Gasteiger partial charge is 0.416 e. The molecule has 0 saturated carbocycles. The lowest BCUT2D eigenvalue weighted by atomic mass is 10.0. The molecule has 1 aromatic heterocycles. The molecule has 0 aliphatic heterocycles. The van der Waals surface area contributed by atoms with Gasteiger partial charge >= 0.3 is 6.18 Å². The molecule has 0 saturated heterocycles. The van der Waals surface area contributed by atoms with Gasteiger partial charge in [0, 0.05) is 17.1 Å². The van der Waals surface area contributed by atoms with Gasteiger partial charge in [-0.05, 0) is 67.3 Å². The van der Waals surface area contributed by atoms with Crippen molar-refractivity contribution >= 4 is 11.6 Å². The average molecular weight is 394 g/mol. The smallest absolute Gasteiger partial charge is 0.318 e. The standard InChI is InChI=1S/C24H21F3N2/c1-4-18-7-5-6-8-23(18)29-16(2)13-20(17(29)3)14-21(15-28)19-9-11-22(12-10-19)24(25,26)27/h5-14H,4H2,1-3H3/b21-14-. The first-order chi connectivity index (χ1) is 13.8. The number of hydrogen-bond acceptors (Lipinski definition) is 1. The Morgan fingerprint density at radius 2 is 1.72 bits per heavy atom. The lowest BCUT2D eigenvalue weighted by Gasteiger charge is -2.14. The maximum atomic E-state index is 12.8. The molecule has 0 fully saturated rings. The zero-order valence-corrected chi connectivity index (χ0v) is 16.5. The van der Waals surface area contributed by atoms with Crippen LogP contribution in [0.2, 0.25) is 0 Å². The van der Waals surface area contributed by atoms with E-state index in [9.17, 15) is 18.4 Å². The van der Waals surface area contributed by atoms with E-state index in [1.165, 1.54) is 17.7 Å². The number of benzene rings is 2. The van der Waals surface area contributed by atoms with Crippen LogP contribution in [0.4, 0.5) is 13.2 Å². The van der Waals surface area contributed by atoms with Gasteiger partial charge in [0.25, 0.3) is 0 Å². The molecular formula is C24H21F3N2. The highest BCUT2D eigenvalue weighted by Crippen LogP contribution is 2.31. The van der Waals surface area contributed by atoms with Crippen molar-refractivity contribution in [1.29, 1.82) is 5.26 Å². The molecule has 3 aromatic rings. The molecule has 0 atom stereocenters. The number of para-hydroxylation sites is 1. The van der Waals surface area contributed by atoms with Crippen LogP contribution in [-0.4, -0.2) is 4.57 Å². The minimum atomic E-state index is -4.40. The minimum Gasteiger partial charge on any atom is -0.318 e. The summed E-state index contributed by atoms with van der Waals surface area (Å²) in [4.78, 5) is 0. The van der Waals surface area contributed by atoms with E-state index in [-0.39, 0.29) is 0 Å². The van der Waals surface area contributed by atoms with Crippen LogP contribution in [0.15, 0.2) is 54.6 Å². The van der Waals surface area contributed by atoms with Gasteiger partial charge in [0.15, 0.2) is 0 Å². The van der Waals surface area contributed by atoms with E-state index in [1.54, 1.807) is 6.08 Å². The molecule has 0 bridgehead atoms. The Morgan fingerprint density at radius 1 is 1.07 bits per heavy atom. The van der Waals surface area contributed by atoms with Crippen molar-refractivity contribution in [2.75, 3.05) is 0 Å². The van der Waals surface area contributed by atoms with E-state index < -0.39 is 11.7 Å². The van der Waals surface area contributed by atoms with Gasteiger partial charge in [0.05, 0.1) is 17.2 Å². The molecular weight excluding hydrogens is 373 g/mol. The average Bonchev–Trinajstić information content (AvgIpc) is 2.98. The number of nitriles is 1. The minimum absolute atomic E-state index is 0.322. The summed E-state index contributed by atoms with van der Waals surface area (Å²) in [5.41, 5.74) is 5.23. The molecule has 148 valence electrons. The molecule has 2 nitrogen and oxygen atoms in total. The fourth-order valence-corrected chi connectivity index (χ4v) is 3.51. The van der Waals surface area contributed by atoms with E-state index in [1.807, 2.05) is 32.0 Å². The van der Waals surface area contributed by atoms with E-state index in [4.69, 9.17) is 0 Å². The van der Waals surface area contributed by atoms with Gasteiger partial charge in [-0.15, -0.1) is 0 Å². The number of halogens is 3. The highest BCUT2D eigenvalue weighted by Gasteiger charge is 2.30. The first kappa shape index (κ1) is 20.5. The topological polar surface area (TPSA) is 28.7 Å². The highest BCUT2D eigenvalue weighted by atomic mass is 19.4. The van der Waals surface area contributed by atoms with Crippen LogP contribution in [0.3, 0.4) is 0 Å². The Hall–Kier alpha value is -3.26. The zero-order valence-electron chi connectivity index (χ0n) is 16.5. The zero-order chi connectivity index (χ0) is 21.2. The van der Waals surface area contributed by atoms with Gasteiger partial charge in [-0.3, -0.25) is 0 Å². The van der Waals surface area contributed by atoms with E-state index in [0.717, 1.165) is 41.2 Å². The normalized spacial score (nSPS) is 12.1. The van der Waals surface area contributed by atoms with Crippen molar-refractivity contribution in [3.63, 3.8) is 0 Å². The Bertz CT molecular complexity index is 1090. The van der Waals surface area contributed by atoms with Gasteiger partial charge in [0.1, 0.15) is 0 Å². The summed E-state index contributed by atoms with van der Waals surface area (Å²) in [5.74, 6) is 0. The summed E-state index contributed by atoms with van der Waals surface area (Å²) in [7, 11) is 0. The van der Waals surface area contributed by atoms with Gasteiger partial charge in [-0.25, -0.2) is 0 Å². The number of hydrogen-bond donors (Lipinski definition) is 0. The van der Waals surface area contributed by atoms with Crippen molar-refractivity contribution in [3.8, 4) is 11.8 Å². The molecule has 0 aliphatic rings. The highest BCUT2D eigenvalue weighted by molar-refractivity contribution is 5.90. The third-order valence-corrected chi connectivity index (χ3v) is 5.03. The summed E-state index contributed by atoms with van der Waals surface area (Å²) >= 11 is 0. The number of alkyl halides is 3. The number of rotatable bonds is 4. The number of allylic oxidation sites excluding steroid dienone is 1. The Kier molecular flexibility index (Phi) is 5.65. The first-order valence-electron chi connectivity index (χ1n) is 9.33. The van der Waals surface area contributed by atoms with Crippen molar-refractivity contribution in [3.05, 3.63) is 88.2 Å². The third-order valence-electron chi connectivity index (χ3n) is 5.03. The van der Waals surface area contributed by atoms with Crippen molar-refractivity contribution in [2.24, 2.45) is 0 Å². The SMILES string of the molecule is CCc1ccccc1-n1c(C)cc(/C=C(/C#N)c2ccc(C(F)(F)F)cc2)c1C. The van der Waals surface area contributed by atoms with Crippen LogP contribution in [-0.2, 0) is 12.6 Å². The monoisotopic (exact) mass is 394 g/mol. The summed E-state index contributed by atoms with van der Waals surface area (Å²) in [6, 6.07) is 16.9. The lowest BCUT2D eigenvalue weighted by Crippen LogP contribution is -2.04. The van der Waals surface area contributed by atoms with Crippen molar-refractivity contribution in [2.45, 2.75) is 33.4 Å². The molecule has 1 heterocycles. The second-order valence-corrected chi connectivity index (χ2v) is 6.89. The third kappa shape index (κ3) is 4.12. The van der Waals surface area contributed by atoms with Crippen LogP contribution in [0.25, 0.3) is 17.3 Å². The molecule has 0 unspecified atom stereocenters. The fourth-order valence-electron chi connectivity index (χ4n) is 3.51. The number of aromatic nitrogens is 1. The molecule has 0 N–H and O–H groups in total. The van der Waals surface area contributed by atoms with Gasteiger partial charge < -0.3 is 4.57 Å². The van der Waals surface area contributed by atoms with E-state index >= 15 is 0 Å². The number of aryl methyl sites for hydroxylation is 2. The predicted octanol–water partition coefficient (Wildman–Crippen LogP) is 6.74. The number of nitrogens with zero attached hydrogens (tertiary/aromatic N) is 2. The molecule has 0 spiro atoms. The second kappa shape index (κ2) is 8.00. The molecule has 0 amide bonds. The van der Waals surface area contributed by atoms with Crippen LogP contribution < -0.4 is 0 Å². The summed E-state index contributed by atoms with van der Waals surface area (Å²) in [6.45, 7) is 6.08. The molecule has 0 radical (unpaired) electrons. The Labute approximate surface area is 168 Å². The summed E-state index contributed by atoms with van der Waals surface area (Å²) in [5, 5.41) is 9.59. The van der Waals surface area contributed by atoms with E-state index in [0.29, 0.717) is 11.1 Å². The molecule has 0 aliphatic carbocycles. The van der Waals surface area contributed by atoms with Crippen LogP contribution >= 0.6 is 0 Å². The Balaban J connectivity index is 2.05. The first-order valence-corrected chi connectivity index (χ1v) is 9.33. The Morgan fingerprint density at radius 3 is 2.31 bits per heavy atom. The van der Waals surface area contributed by atoms with Gasteiger partial charge in [-0.1, -0.05) is 37.3 Å². The van der Waals surface area contributed by atoms with E-state index in [2.05, 4.69) is 29.7 Å². The molecule has 5 heteroatoms. The maximum Gasteiger partial charge on any atom is 0.416 e. The quantitative estimate of drug-likeness (QED) is 0.451. The van der Waals surface area contributed by atoms with Crippen molar-refractivity contribution < 1.29 is 13.2 Å². The lowest BCUT2D eigenvalue weighted by molar-refractivity contribution is -0.137. The fraction of sp³-hybridized carbons (Fsp3) is 0.208. The predicted molar refractivity (Wildman–Crippen MR) is 110 cm³/mol.